The van der Waals surface area contributed by atoms with E-state index in [-0.39, 0.29) is 0 Å². The molecule has 0 bridgehead atoms. The van der Waals surface area contributed by atoms with Gasteiger partial charge in [0.1, 0.15) is 0 Å². The maximum absolute atomic E-state index is 5.15. The van der Waals surface area contributed by atoms with Gasteiger partial charge in [-0.3, -0.25) is 0 Å². The van der Waals surface area contributed by atoms with Gasteiger partial charge in [-0.15, -0.1) is 0 Å². The van der Waals surface area contributed by atoms with E-state index in [1.165, 1.54) is 0 Å². The van der Waals surface area contributed by atoms with E-state index < -0.39 is 0 Å². The maximum Gasteiger partial charge on any atom is 0.0628 e. The van der Waals surface area contributed by atoms with Crippen LogP contribution in [0.5, 0.6) is 0 Å². The molecule has 2 nitrogen and oxygen atoms in total. The summed E-state index contributed by atoms with van der Waals surface area (Å²) in [5.74, 6) is 0. The van der Waals surface area contributed by atoms with Gasteiger partial charge < -0.3 is 10.5 Å². The van der Waals surface area contributed by atoms with Crippen LogP contribution < -0.4 is 5.73 Å². The second-order valence-corrected chi connectivity index (χ2v) is 2.19. The van der Waals surface area contributed by atoms with Crippen LogP contribution in [-0.4, -0.2) is 26.2 Å². The molecule has 0 saturated heterocycles. The Morgan fingerprint density at radius 2 is 2.43 bits per heavy atom. The minimum atomic E-state index is 0.643. The molecule has 0 radical (unpaired) electrons. The molecular formula is C4H12NOP. The second-order valence-electron chi connectivity index (χ2n) is 1.19. The minimum Gasteiger partial charge on any atom is -0.376 e. The number of rotatable bonds is 4. The predicted molar refractivity (Wildman–Crippen MR) is 34.1 cm³/mol. The highest BCUT2D eigenvalue weighted by Crippen LogP contribution is 1.99. The number of nitrogens with two attached hydrogens (primary N) is 1. The van der Waals surface area contributed by atoms with Gasteiger partial charge in [0, 0.05) is 6.54 Å². The molecule has 2 N–H and O–H groups in total. The van der Waals surface area contributed by atoms with E-state index in [0.717, 1.165) is 14.9 Å². The first-order valence-electron chi connectivity index (χ1n) is 2.34. The molecule has 0 spiro atoms. The van der Waals surface area contributed by atoms with Crippen molar-refractivity contribution in [3.05, 3.63) is 0 Å². The van der Waals surface area contributed by atoms with Crippen molar-refractivity contribution < 1.29 is 4.74 Å². The van der Waals surface area contributed by atoms with Gasteiger partial charge in [-0.25, -0.2) is 0 Å². The minimum absolute atomic E-state index is 0.643. The van der Waals surface area contributed by atoms with Crippen LogP contribution in [-0.2, 0) is 4.74 Å². The SMILES string of the molecule is CPCOCCN. The third kappa shape index (κ3) is 6.35. The molecule has 0 aliphatic rings. The van der Waals surface area contributed by atoms with Crippen LogP contribution >= 0.6 is 8.58 Å². The second kappa shape index (κ2) is 6.35. The molecule has 0 heterocycles. The van der Waals surface area contributed by atoms with Crippen molar-refractivity contribution in [1.82, 2.24) is 0 Å². The molecule has 0 aliphatic carbocycles. The molecule has 0 fully saturated rings. The van der Waals surface area contributed by atoms with Gasteiger partial charge in [0.25, 0.3) is 0 Å². The lowest BCUT2D eigenvalue weighted by Crippen LogP contribution is -2.07. The van der Waals surface area contributed by atoms with Crippen molar-refractivity contribution in [2.24, 2.45) is 5.73 Å². The topological polar surface area (TPSA) is 35.2 Å². The highest BCUT2D eigenvalue weighted by Gasteiger charge is 1.77. The summed E-state index contributed by atoms with van der Waals surface area (Å²) in [6.07, 6.45) is 0.872. The van der Waals surface area contributed by atoms with Crippen LogP contribution in [0.4, 0.5) is 0 Å². The van der Waals surface area contributed by atoms with Crippen molar-refractivity contribution in [3.8, 4) is 0 Å². The lowest BCUT2D eigenvalue weighted by molar-refractivity contribution is 0.190. The van der Waals surface area contributed by atoms with Crippen molar-refractivity contribution in [3.63, 3.8) is 0 Å². The van der Waals surface area contributed by atoms with Gasteiger partial charge in [0.15, 0.2) is 0 Å². The first-order chi connectivity index (χ1) is 3.41. The summed E-state index contributed by atoms with van der Waals surface area (Å²) in [6.45, 7) is 3.46. The molecule has 0 rings (SSSR count). The van der Waals surface area contributed by atoms with Crippen LogP contribution in [0.3, 0.4) is 0 Å². The fourth-order valence-electron chi connectivity index (χ4n) is 0.258. The summed E-state index contributed by atoms with van der Waals surface area (Å²) >= 11 is 0. The molecule has 1 unspecified atom stereocenters. The summed E-state index contributed by atoms with van der Waals surface area (Å²) in [4.78, 5) is 0. The van der Waals surface area contributed by atoms with E-state index in [4.69, 9.17) is 10.5 Å². The van der Waals surface area contributed by atoms with Crippen molar-refractivity contribution in [1.29, 1.82) is 0 Å². The monoisotopic (exact) mass is 121 g/mol. The normalized spacial score (nSPS) is 11.1. The van der Waals surface area contributed by atoms with Crippen molar-refractivity contribution in [2.75, 3.05) is 26.2 Å². The third-order valence-corrected chi connectivity index (χ3v) is 1.00. The summed E-state index contributed by atoms with van der Waals surface area (Å²) in [7, 11) is 0.890. The molecule has 0 saturated carbocycles. The molecule has 0 aromatic rings. The summed E-state index contributed by atoms with van der Waals surface area (Å²) in [6, 6.07) is 0. The average Bonchev–Trinajstić information content (AvgIpc) is 1.69. The molecule has 0 aliphatic heterocycles. The van der Waals surface area contributed by atoms with Gasteiger partial charge in [-0.1, -0.05) is 8.58 Å². The zero-order valence-corrected chi connectivity index (χ0v) is 5.61. The molecular weight excluding hydrogens is 109 g/mol. The number of hydrogen-bond acceptors (Lipinski definition) is 2. The van der Waals surface area contributed by atoms with Crippen molar-refractivity contribution >= 4 is 8.58 Å². The van der Waals surface area contributed by atoms with Crippen LogP contribution in [0.25, 0.3) is 0 Å². The third-order valence-electron chi connectivity index (χ3n) is 0.509. The van der Waals surface area contributed by atoms with Crippen LogP contribution in [0, 0.1) is 0 Å². The van der Waals surface area contributed by atoms with E-state index >= 15 is 0 Å². The highest BCUT2D eigenvalue weighted by atomic mass is 31.1. The quantitative estimate of drug-likeness (QED) is 0.426. The standard InChI is InChI=1S/C4H12NOP/c1-7-4-6-3-2-5/h7H,2-5H2,1H3. The Balaban J connectivity index is 2.45. The van der Waals surface area contributed by atoms with Gasteiger partial charge >= 0.3 is 0 Å². The molecule has 0 aromatic heterocycles. The van der Waals surface area contributed by atoms with Gasteiger partial charge in [-0.2, -0.15) is 0 Å². The summed E-state index contributed by atoms with van der Waals surface area (Å²) < 4.78 is 5.02. The molecule has 44 valence electrons. The van der Waals surface area contributed by atoms with Crippen LogP contribution in [0.1, 0.15) is 0 Å². The Labute approximate surface area is 46.2 Å². The predicted octanol–water partition coefficient (Wildman–Crippen LogP) is 0.227. The van der Waals surface area contributed by atoms with Gasteiger partial charge in [0.05, 0.1) is 13.0 Å². The summed E-state index contributed by atoms with van der Waals surface area (Å²) in [5, 5.41) is 0. The Kier molecular flexibility index (Phi) is 6.67. The summed E-state index contributed by atoms with van der Waals surface area (Å²) in [5.41, 5.74) is 5.15. The Hall–Kier alpha value is 0.350. The molecule has 7 heavy (non-hydrogen) atoms. The van der Waals surface area contributed by atoms with Crippen LogP contribution in [0.15, 0.2) is 0 Å². The van der Waals surface area contributed by atoms with E-state index in [2.05, 4.69) is 6.66 Å². The fraction of sp³-hybridized carbons (Fsp3) is 1.00. The zero-order chi connectivity index (χ0) is 5.54. The van der Waals surface area contributed by atoms with E-state index in [1.54, 1.807) is 0 Å². The first-order valence-corrected chi connectivity index (χ1v) is 4.05. The van der Waals surface area contributed by atoms with Crippen LogP contribution in [0.2, 0.25) is 0 Å². The van der Waals surface area contributed by atoms with E-state index in [0.29, 0.717) is 13.2 Å². The van der Waals surface area contributed by atoms with Gasteiger partial charge in [0.2, 0.25) is 0 Å². The first kappa shape index (κ1) is 7.35. The molecule has 0 aromatic carbocycles. The van der Waals surface area contributed by atoms with E-state index in [9.17, 15) is 0 Å². The highest BCUT2D eigenvalue weighted by molar-refractivity contribution is 7.36. The average molecular weight is 121 g/mol. The Bertz CT molecular complexity index is 30.9. The molecule has 3 heteroatoms. The van der Waals surface area contributed by atoms with E-state index in [1.807, 2.05) is 0 Å². The van der Waals surface area contributed by atoms with Crippen molar-refractivity contribution in [2.45, 2.75) is 0 Å². The largest absolute Gasteiger partial charge is 0.376 e. The Morgan fingerprint density at radius 3 is 2.86 bits per heavy atom. The fourth-order valence-corrected chi connectivity index (χ4v) is 0.606. The zero-order valence-electron chi connectivity index (χ0n) is 4.61. The smallest absolute Gasteiger partial charge is 0.0628 e. The Morgan fingerprint density at radius 1 is 1.71 bits per heavy atom. The molecule has 1 atom stereocenters. The lowest BCUT2D eigenvalue weighted by atomic mass is 10.7. The maximum atomic E-state index is 5.15. The number of ether oxygens (including phenoxy) is 1. The molecule has 0 amide bonds. The van der Waals surface area contributed by atoms with Gasteiger partial charge in [-0.05, 0) is 6.66 Å². The lowest BCUT2D eigenvalue weighted by Gasteiger charge is -1.95. The number of hydrogen-bond donors (Lipinski definition) is 1.